The van der Waals surface area contributed by atoms with Gasteiger partial charge in [-0.1, -0.05) is 24.3 Å². The SMILES string of the molecule is C=Cc1cc2nccnc2cc1Cl. The molecule has 2 nitrogen and oxygen atoms in total. The van der Waals surface area contributed by atoms with Gasteiger partial charge in [-0.25, -0.2) is 0 Å². The molecule has 13 heavy (non-hydrogen) atoms. The quantitative estimate of drug-likeness (QED) is 0.691. The summed E-state index contributed by atoms with van der Waals surface area (Å²) in [5.41, 5.74) is 2.52. The van der Waals surface area contributed by atoms with Gasteiger partial charge in [0.2, 0.25) is 0 Å². The van der Waals surface area contributed by atoms with E-state index >= 15 is 0 Å². The van der Waals surface area contributed by atoms with Crippen molar-refractivity contribution in [1.82, 2.24) is 9.97 Å². The smallest absolute Gasteiger partial charge is 0.0902 e. The minimum Gasteiger partial charge on any atom is -0.253 e. The fourth-order valence-electron chi connectivity index (χ4n) is 1.16. The Morgan fingerprint density at radius 2 is 1.77 bits per heavy atom. The van der Waals surface area contributed by atoms with E-state index in [-0.39, 0.29) is 0 Å². The number of halogens is 1. The van der Waals surface area contributed by atoms with Gasteiger partial charge in [0.05, 0.1) is 16.1 Å². The summed E-state index contributed by atoms with van der Waals surface area (Å²) in [6.45, 7) is 3.67. The highest BCUT2D eigenvalue weighted by Gasteiger charge is 2.00. The molecular weight excluding hydrogens is 184 g/mol. The first kappa shape index (κ1) is 8.20. The van der Waals surface area contributed by atoms with E-state index in [1.807, 2.05) is 6.07 Å². The maximum Gasteiger partial charge on any atom is 0.0902 e. The van der Waals surface area contributed by atoms with Gasteiger partial charge in [0.15, 0.2) is 0 Å². The second kappa shape index (κ2) is 3.15. The average molecular weight is 191 g/mol. The summed E-state index contributed by atoms with van der Waals surface area (Å²) >= 11 is 5.96. The van der Waals surface area contributed by atoms with E-state index in [0.29, 0.717) is 5.02 Å². The molecular formula is C10H7ClN2. The van der Waals surface area contributed by atoms with Gasteiger partial charge in [0.25, 0.3) is 0 Å². The first-order valence-corrected chi connectivity index (χ1v) is 4.22. The molecule has 0 fully saturated rings. The summed E-state index contributed by atoms with van der Waals surface area (Å²) < 4.78 is 0. The van der Waals surface area contributed by atoms with Crippen LogP contribution in [-0.4, -0.2) is 9.97 Å². The molecule has 3 heteroatoms. The number of benzene rings is 1. The Balaban J connectivity index is 2.81. The third kappa shape index (κ3) is 1.40. The van der Waals surface area contributed by atoms with Gasteiger partial charge in [0, 0.05) is 12.4 Å². The van der Waals surface area contributed by atoms with Crippen molar-refractivity contribution in [1.29, 1.82) is 0 Å². The monoisotopic (exact) mass is 190 g/mol. The highest BCUT2D eigenvalue weighted by molar-refractivity contribution is 6.32. The van der Waals surface area contributed by atoms with Crippen molar-refractivity contribution in [2.75, 3.05) is 0 Å². The second-order valence-corrected chi connectivity index (χ2v) is 3.03. The minimum atomic E-state index is 0.656. The van der Waals surface area contributed by atoms with Crippen molar-refractivity contribution in [2.45, 2.75) is 0 Å². The molecule has 0 aliphatic carbocycles. The first-order chi connectivity index (χ1) is 6.31. The summed E-state index contributed by atoms with van der Waals surface area (Å²) in [6.07, 6.45) is 5.01. The van der Waals surface area contributed by atoms with Crippen LogP contribution in [0.2, 0.25) is 5.02 Å². The standard InChI is InChI=1S/C10H7ClN2/c1-2-7-5-9-10(6-8(7)11)13-4-3-12-9/h2-6H,1H2. The number of hydrogen-bond donors (Lipinski definition) is 0. The third-order valence-corrected chi connectivity index (χ3v) is 2.14. The lowest BCUT2D eigenvalue weighted by Gasteiger charge is -2.00. The Morgan fingerprint density at radius 1 is 1.15 bits per heavy atom. The zero-order valence-corrected chi connectivity index (χ0v) is 7.62. The molecule has 1 heterocycles. The van der Waals surface area contributed by atoms with E-state index in [1.54, 1.807) is 24.5 Å². The number of hydrogen-bond acceptors (Lipinski definition) is 2. The molecule has 0 amide bonds. The summed E-state index contributed by atoms with van der Waals surface area (Å²) in [5, 5.41) is 0.656. The van der Waals surface area contributed by atoms with Crippen LogP contribution >= 0.6 is 11.6 Å². The molecule has 0 aliphatic rings. The number of aromatic nitrogens is 2. The fraction of sp³-hybridized carbons (Fsp3) is 0. The fourth-order valence-corrected chi connectivity index (χ4v) is 1.39. The molecule has 0 atom stereocenters. The van der Waals surface area contributed by atoms with Crippen molar-refractivity contribution in [3.05, 3.63) is 41.7 Å². The normalized spacial score (nSPS) is 10.2. The van der Waals surface area contributed by atoms with Crippen molar-refractivity contribution in [3.63, 3.8) is 0 Å². The summed E-state index contributed by atoms with van der Waals surface area (Å²) in [5.74, 6) is 0. The average Bonchev–Trinajstić information content (AvgIpc) is 2.17. The van der Waals surface area contributed by atoms with E-state index in [2.05, 4.69) is 16.5 Å². The lowest BCUT2D eigenvalue weighted by Crippen LogP contribution is -1.84. The third-order valence-electron chi connectivity index (χ3n) is 1.81. The lowest BCUT2D eigenvalue weighted by atomic mass is 10.2. The number of nitrogens with zero attached hydrogens (tertiary/aromatic N) is 2. The van der Waals surface area contributed by atoms with Crippen LogP contribution in [0.15, 0.2) is 31.1 Å². The van der Waals surface area contributed by atoms with E-state index in [4.69, 9.17) is 11.6 Å². The van der Waals surface area contributed by atoms with Crippen molar-refractivity contribution < 1.29 is 0 Å². The maximum absolute atomic E-state index is 5.96. The van der Waals surface area contributed by atoms with Crippen LogP contribution in [0.5, 0.6) is 0 Å². The van der Waals surface area contributed by atoms with Crippen molar-refractivity contribution >= 4 is 28.7 Å². The van der Waals surface area contributed by atoms with E-state index in [0.717, 1.165) is 16.6 Å². The highest BCUT2D eigenvalue weighted by Crippen LogP contribution is 2.21. The van der Waals surface area contributed by atoms with Gasteiger partial charge < -0.3 is 0 Å². The summed E-state index contributed by atoms with van der Waals surface area (Å²) in [7, 11) is 0. The predicted octanol–water partition coefficient (Wildman–Crippen LogP) is 2.93. The van der Waals surface area contributed by atoms with Gasteiger partial charge in [-0.15, -0.1) is 0 Å². The van der Waals surface area contributed by atoms with Crippen LogP contribution < -0.4 is 0 Å². The zero-order valence-electron chi connectivity index (χ0n) is 6.87. The van der Waals surface area contributed by atoms with Crippen molar-refractivity contribution in [2.24, 2.45) is 0 Å². The number of fused-ring (bicyclic) bond motifs is 1. The predicted molar refractivity (Wildman–Crippen MR) is 54.6 cm³/mol. The Kier molecular flexibility index (Phi) is 1.99. The molecule has 0 saturated heterocycles. The second-order valence-electron chi connectivity index (χ2n) is 2.62. The molecule has 0 N–H and O–H groups in total. The molecule has 0 radical (unpaired) electrons. The molecule has 2 rings (SSSR count). The van der Waals surface area contributed by atoms with Crippen LogP contribution in [0, 0.1) is 0 Å². The Labute approximate surface area is 80.9 Å². The van der Waals surface area contributed by atoms with Crippen LogP contribution in [0.25, 0.3) is 17.1 Å². The van der Waals surface area contributed by atoms with Gasteiger partial charge in [-0.05, 0) is 17.7 Å². The van der Waals surface area contributed by atoms with E-state index in [1.165, 1.54) is 0 Å². The van der Waals surface area contributed by atoms with Crippen LogP contribution in [-0.2, 0) is 0 Å². The molecule has 0 aliphatic heterocycles. The molecule has 1 aromatic heterocycles. The molecule has 0 unspecified atom stereocenters. The highest BCUT2D eigenvalue weighted by atomic mass is 35.5. The maximum atomic E-state index is 5.96. The van der Waals surface area contributed by atoms with E-state index in [9.17, 15) is 0 Å². The summed E-state index contributed by atoms with van der Waals surface area (Å²) in [6, 6.07) is 3.67. The van der Waals surface area contributed by atoms with Gasteiger partial charge in [-0.2, -0.15) is 0 Å². The van der Waals surface area contributed by atoms with Gasteiger partial charge in [-0.3, -0.25) is 9.97 Å². The largest absolute Gasteiger partial charge is 0.253 e. The molecule has 1 aromatic carbocycles. The lowest BCUT2D eigenvalue weighted by molar-refractivity contribution is 1.29. The first-order valence-electron chi connectivity index (χ1n) is 3.84. The van der Waals surface area contributed by atoms with Crippen LogP contribution in [0.4, 0.5) is 0 Å². The molecule has 0 bridgehead atoms. The Hall–Kier alpha value is -1.41. The Bertz CT molecular complexity index is 465. The molecule has 2 aromatic rings. The van der Waals surface area contributed by atoms with E-state index < -0.39 is 0 Å². The van der Waals surface area contributed by atoms with Crippen molar-refractivity contribution in [3.8, 4) is 0 Å². The Morgan fingerprint density at radius 3 is 2.38 bits per heavy atom. The number of rotatable bonds is 1. The topological polar surface area (TPSA) is 25.8 Å². The molecule has 0 saturated carbocycles. The van der Waals surface area contributed by atoms with Crippen LogP contribution in [0.3, 0.4) is 0 Å². The molecule has 0 spiro atoms. The van der Waals surface area contributed by atoms with Gasteiger partial charge >= 0.3 is 0 Å². The summed E-state index contributed by atoms with van der Waals surface area (Å²) in [4.78, 5) is 8.30. The minimum absolute atomic E-state index is 0.656. The molecule has 64 valence electrons. The van der Waals surface area contributed by atoms with Crippen LogP contribution in [0.1, 0.15) is 5.56 Å². The zero-order chi connectivity index (χ0) is 9.26. The van der Waals surface area contributed by atoms with Gasteiger partial charge in [0.1, 0.15) is 0 Å².